The average molecular weight is 238 g/mol. The first kappa shape index (κ1) is 13.9. The van der Waals surface area contributed by atoms with Gasteiger partial charge in [-0.1, -0.05) is 12.2 Å². The van der Waals surface area contributed by atoms with Gasteiger partial charge < -0.3 is 9.53 Å². The van der Waals surface area contributed by atoms with Crippen LogP contribution in [0.25, 0.3) is 0 Å². The smallest absolute Gasteiger partial charge is 0.305 e. The lowest BCUT2D eigenvalue weighted by atomic mass is 10.1. The van der Waals surface area contributed by atoms with Crippen molar-refractivity contribution in [3.63, 3.8) is 0 Å². The molecule has 0 spiro atoms. The van der Waals surface area contributed by atoms with Crippen LogP contribution in [0.5, 0.6) is 0 Å². The summed E-state index contributed by atoms with van der Waals surface area (Å²) in [6.45, 7) is 0. The van der Waals surface area contributed by atoms with Crippen LogP contribution in [0.1, 0.15) is 44.9 Å². The summed E-state index contributed by atoms with van der Waals surface area (Å²) < 4.78 is 4.56. The number of carbonyl (C=O) groups is 2. The van der Waals surface area contributed by atoms with Gasteiger partial charge in [-0.3, -0.25) is 4.79 Å². The minimum absolute atomic E-state index is 0.131. The molecule has 0 amide bonds. The second-order valence-electron chi connectivity index (χ2n) is 4.68. The Bertz CT molecular complexity index is 271. The van der Waals surface area contributed by atoms with Gasteiger partial charge in [0.2, 0.25) is 0 Å². The predicted molar refractivity (Wildman–Crippen MR) is 66.5 cm³/mol. The van der Waals surface area contributed by atoms with E-state index in [-0.39, 0.29) is 5.97 Å². The van der Waals surface area contributed by atoms with Crippen LogP contribution in [0.4, 0.5) is 0 Å². The van der Waals surface area contributed by atoms with E-state index in [1.165, 1.54) is 20.0 Å². The third kappa shape index (κ3) is 6.25. The summed E-state index contributed by atoms with van der Waals surface area (Å²) in [6.07, 6.45) is 11.9. The molecule has 0 aromatic rings. The van der Waals surface area contributed by atoms with Gasteiger partial charge in [0.15, 0.2) is 0 Å². The Labute approximate surface area is 103 Å². The third-order valence-electron chi connectivity index (χ3n) is 3.32. The summed E-state index contributed by atoms with van der Waals surface area (Å²) in [7, 11) is 1.42. The molecule has 96 valence electrons. The van der Waals surface area contributed by atoms with Crippen molar-refractivity contribution in [1.29, 1.82) is 0 Å². The second-order valence-corrected chi connectivity index (χ2v) is 4.68. The maximum atomic E-state index is 10.8. The first-order chi connectivity index (χ1) is 8.27. The van der Waals surface area contributed by atoms with E-state index < -0.39 is 0 Å². The van der Waals surface area contributed by atoms with Crippen LogP contribution in [-0.2, 0) is 14.3 Å². The SMILES string of the molecule is COC(=O)CCC/C=C\CC[C@@H]1C[C@@H]1CC=O. The monoisotopic (exact) mass is 238 g/mol. The quantitative estimate of drug-likeness (QED) is 0.268. The van der Waals surface area contributed by atoms with Crippen molar-refractivity contribution < 1.29 is 14.3 Å². The second kappa shape index (κ2) is 8.04. The highest BCUT2D eigenvalue weighted by molar-refractivity contribution is 5.69. The molecule has 2 atom stereocenters. The molecule has 0 N–H and O–H groups in total. The Balaban J connectivity index is 1.90. The lowest BCUT2D eigenvalue weighted by Crippen LogP contribution is -1.98. The van der Waals surface area contributed by atoms with Crippen molar-refractivity contribution in [3.8, 4) is 0 Å². The lowest BCUT2D eigenvalue weighted by molar-refractivity contribution is -0.140. The van der Waals surface area contributed by atoms with E-state index in [1.807, 2.05) is 0 Å². The molecule has 3 heteroatoms. The first-order valence-electron chi connectivity index (χ1n) is 6.43. The molecule has 0 radical (unpaired) electrons. The van der Waals surface area contributed by atoms with Crippen LogP contribution in [0, 0.1) is 11.8 Å². The molecule has 1 aliphatic carbocycles. The number of allylic oxidation sites excluding steroid dienone is 2. The topological polar surface area (TPSA) is 43.4 Å². The van der Waals surface area contributed by atoms with Gasteiger partial charge in [-0.05, 0) is 43.9 Å². The van der Waals surface area contributed by atoms with Crippen LogP contribution < -0.4 is 0 Å². The molecular formula is C14H22O3. The summed E-state index contributed by atoms with van der Waals surface area (Å²) in [5, 5.41) is 0. The van der Waals surface area contributed by atoms with Crippen LogP contribution in [0.3, 0.4) is 0 Å². The minimum atomic E-state index is -0.131. The van der Waals surface area contributed by atoms with Crippen LogP contribution in [0.15, 0.2) is 12.2 Å². The maximum Gasteiger partial charge on any atom is 0.305 e. The molecule has 0 aliphatic heterocycles. The van der Waals surface area contributed by atoms with Crippen molar-refractivity contribution in [3.05, 3.63) is 12.2 Å². The van der Waals surface area contributed by atoms with E-state index in [1.54, 1.807) is 0 Å². The number of esters is 1. The summed E-state index contributed by atoms with van der Waals surface area (Å²) in [4.78, 5) is 21.1. The first-order valence-corrected chi connectivity index (χ1v) is 6.43. The highest BCUT2D eigenvalue weighted by Gasteiger charge is 2.35. The predicted octanol–water partition coefficient (Wildman–Crippen LogP) is 2.89. The Morgan fingerprint density at radius 1 is 1.29 bits per heavy atom. The highest BCUT2D eigenvalue weighted by atomic mass is 16.5. The average Bonchev–Trinajstić information content (AvgIpc) is 3.06. The van der Waals surface area contributed by atoms with Gasteiger partial charge in [-0.15, -0.1) is 0 Å². The molecule has 1 aliphatic rings. The van der Waals surface area contributed by atoms with E-state index in [9.17, 15) is 9.59 Å². The number of hydrogen-bond acceptors (Lipinski definition) is 3. The molecule has 1 rings (SSSR count). The van der Waals surface area contributed by atoms with Gasteiger partial charge in [0, 0.05) is 12.8 Å². The van der Waals surface area contributed by atoms with Crippen molar-refractivity contribution >= 4 is 12.3 Å². The minimum Gasteiger partial charge on any atom is -0.469 e. The van der Waals surface area contributed by atoms with Gasteiger partial charge >= 0.3 is 5.97 Å². The fraction of sp³-hybridized carbons (Fsp3) is 0.714. The number of ether oxygens (including phenoxy) is 1. The molecule has 0 saturated heterocycles. The van der Waals surface area contributed by atoms with Gasteiger partial charge in [0.05, 0.1) is 7.11 Å². The van der Waals surface area contributed by atoms with E-state index in [0.29, 0.717) is 12.3 Å². The Morgan fingerprint density at radius 3 is 2.76 bits per heavy atom. The number of unbranched alkanes of at least 4 members (excludes halogenated alkanes) is 1. The Hall–Kier alpha value is -1.12. The molecule has 0 unspecified atom stereocenters. The lowest BCUT2D eigenvalue weighted by Gasteiger charge is -1.96. The molecule has 3 nitrogen and oxygen atoms in total. The number of aldehydes is 1. The van der Waals surface area contributed by atoms with E-state index in [2.05, 4.69) is 16.9 Å². The summed E-state index contributed by atoms with van der Waals surface area (Å²) in [5.41, 5.74) is 0. The summed E-state index contributed by atoms with van der Waals surface area (Å²) in [5.74, 6) is 1.31. The van der Waals surface area contributed by atoms with Crippen molar-refractivity contribution in [2.24, 2.45) is 11.8 Å². The molecule has 0 aromatic heterocycles. The molecular weight excluding hydrogens is 216 g/mol. The van der Waals surface area contributed by atoms with Crippen molar-refractivity contribution in [2.45, 2.75) is 44.9 Å². The zero-order chi connectivity index (χ0) is 12.5. The van der Waals surface area contributed by atoms with E-state index in [0.717, 1.165) is 37.9 Å². The zero-order valence-corrected chi connectivity index (χ0v) is 10.6. The van der Waals surface area contributed by atoms with Gasteiger partial charge in [0.1, 0.15) is 6.29 Å². The molecule has 17 heavy (non-hydrogen) atoms. The fourth-order valence-electron chi connectivity index (χ4n) is 2.09. The van der Waals surface area contributed by atoms with Gasteiger partial charge in [-0.2, -0.15) is 0 Å². The third-order valence-corrected chi connectivity index (χ3v) is 3.32. The van der Waals surface area contributed by atoms with E-state index in [4.69, 9.17) is 0 Å². The molecule has 0 aromatic carbocycles. The van der Waals surface area contributed by atoms with Gasteiger partial charge in [0.25, 0.3) is 0 Å². The van der Waals surface area contributed by atoms with E-state index >= 15 is 0 Å². The largest absolute Gasteiger partial charge is 0.469 e. The number of rotatable bonds is 9. The molecule has 1 fully saturated rings. The van der Waals surface area contributed by atoms with Crippen LogP contribution in [-0.4, -0.2) is 19.4 Å². The van der Waals surface area contributed by atoms with Crippen LogP contribution in [0.2, 0.25) is 0 Å². The number of carbonyl (C=O) groups excluding carboxylic acids is 2. The van der Waals surface area contributed by atoms with Gasteiger partial charge in [-0.25, -0.2) is 0 Å². The summed E-state index contributed by atoms with van der Waals surface area (Å²) >= 11 is 0. The molecule has 0 heterocycles. The fourth-order valence-corrected chi connectivity index (χ4v) is 2.09. The van der Waals surface area contributed by atoms with Crippen LogP contribution >= 0.6 is 0 Å². The summed E-state index contributed by atoms with van der Waals surface area (Å²) in [6, 6.07) is 0. The van der Waals surface area contributed by atoms with Crippen molar-refractivity contribution in [1.82, 2.24) is 0 Å². The Kier molecular flexibility index (Phi) is 6.60. The normalized spacial score (nSPS) is 22.6. The number of hydrogen-bond donors (Lipinski definition) is 0. The zero-order valence-electron chi connectivity index (χ0n) is 10.6. The standard InChI is InChI=1S/C14H22O3/c1-17-14(16)8-6-4-2-3-5-7-12-11-13(12)9-10-15/h2-3,10,12-13H,4-9,11H2,1H3/b3-2-/t12-,13+/m1/s1. The van der Waals surface area contributed by atoms with Crippen molar-refractivity contribution in [2.75, 3.05) is 7.11 Å². The highest BCUT2D eigenvalue weighted by Crippen LogP contribution is 2.43. The maximum absolute atomic E-state index is 10.8. The molecule has 1 saturated carbocycles. The number of methoxy groups -OCH3 is 1. The Morgan fingerprint density at radius 2 is 2.06 bits per heavy atom. The molecule has 0 bridgehead atoms.